The van der Waals surface area contributed by atoms with Crippen LogP contribution in [0, 0.1) is 0 Å². The fourth-order valence-corrected chi connectivity index (χ4v) is 2.27. The predicted octanol–water partition coefficient (Wildman–Crippen LogP) is 2.91. The monoisotopic (exact) mass is 248 g/mol. The van der Waals surface area contributed by atoms with Crippen molar-refractivity contribution >= 4 is 5.69 Å². The maximum Gasteiger partial charge on any atom is 0.142 e. The molecule has 3 heteroatoms. The van der Waals surface area contributed by atoms with E-state index in [4.69, 9.17) is 10.5 Å². The van der Waals surface area contributed by atoms with Gasteiger partial charge in [-0.15, -0.1) is 0 Å². The first kappa shape index (κ1) is 13.2. The van der Waals surface area contributed by atoms with Crippen LogP contribution in [0.3, 0.4) is 0 Å². The van der Waals surface area contributed by atoms with Crippen molar-refractivity contribution in [2.24, 2.45) is 0 Å². The third-order valence-electron chi connectivity index (χ3n) is 3.34. The largest absolute Gasteiger partial charge is 0.491 e. The number of nitrogen functional groups attached to an aromatic ring is 1. The Kier molecular flexibility index (Phi) is 4.88. The Balaban J connectivity index is 1.67. The van der Waals surface area contributed by atoms with Crippen molar-refractivity contribution < 1.29 is 4.74 Å². The molecule has 0 saturated heterocycles. The summed E-state index contributed by atoms with van der Waals surface area (Å²) in [5.74, 6) is 0.811. The fourth-order valence-electron chi connectivity index (χ4n) is 2.27. The zero-order chi connectivity index (χ0) is 12.8. The highest BCUT2D eigenvalue weighted by atomic mass is 16.5. The summed E-state index contributed by atoms with van der Waals surface area (Å²) in [6.45, 7) is 5.36. The molecular weight excluding hydrogens is 224 g/mol. The number of hydrogen-bond acceptors (Lipinski definition) is 3. The van der Waals surface area contributed by atoms with Gasteiger partial charge in [-0.3, -0.25) is 0 Å². The molecule has 3 nitrogen and oxygen atoms in total. The van der Waals surface area contributed by atoms with Crippen LogP contribution in [0.1, 0.15) is 32.6 Å². The lowest BCUT2D eigenvalue weighted by atomic mass is 10.3. The summed E-state index contributed by atoms with van der Waals surface area (Å²) in [6.07, 6.45) is 5.08. The zero-order valence-corrected chi connectivity index (χ0v) is 11.3. The lowest BCUT2D eigenvalue weighted by Gasteiger charge is -2.21. The molecule has 1 aliphatic rings. The first-order valence-electron chi connectivity index (χ1n) is 7.02. The van der Waals surface area contributed by atoms with Crippen LogP contribution in [-0.4, -0.2) is 30.6 Å². The van der Waals surface area contributed by atoms with Gasteiger partial charge >= 0.3 is 0 Å². The molecule has 18 heavy (non-hydrogen) atoms. The zero-order valence-electron chi connectivity index (χ0n) is 11.3. The second-order valence-electron chi connectivity index (χ2n) is 5.01. The average Bonchev–Trinajstić information content (AvgIpc) is 3.19. The fraction of sp³-hybridized carbons (Fsp3) is 0.600. The molecule has 0 bridgehead atoms. The first-order chi connectivity index (χ1) is 8.81. The summed E-state index contributed by atoms with van der Waals surface area (Å²) in [7, 11) is 0. The highest BCUT2D eigenvalue weighted by Gasteiger charge is 2.27. The number of para-hydroxylation sites is 2. The first-order valence-corrected chi connectivity index (χ1v) is 7.02. The Bertz CT molecular complexity index is 363. The summed E-state index contributed by atoms with van der Waals surface area (Å²) in [5.41, 5.74) is 6.56. The molecule has 0 atom stereocenters. The predicted molar refractivity (Wildman–Crippen MR) is 75.9 cm³/mol. The average molecular weight is 248 g/mol. The molecule has 0 spiro atoms. The minimum Gasteiger partial charge on any atom is -0.491 e. The number of nitrogens with zero attached hydrogens (tertiary/aromatic N) is 1. The Morgan fingerprint density at radius 1 is 1.28 bits per heavy atom. The number of hydrogen-bond donors (Lipinski definition) is 1. The van der Waals surface area contributed by atoms with E-state index in [-0.39, 0.29) is 0 Å². The van der Waals surface area contributed by atoms with E-state index in [1.807, 2.05) is 24.3 Å². The Morgan fingerprint density at radius 3 is 2.72 bits per heavy atom. The van der Waals surface area contributed by atoms with Crippen molar-refractivity contribution in [3.63, 3.8) is 0 Å². The van der Waals surface area contributed by atoms with Crippen LogP contribution < -0.4 is 10.5 Å². The number of ether oxygens (including phenoxy) is 1. The van der Waals surface area contributed by atoms with Gasteiger partial charge in [0.1, 0.15) is 5.75 Å². The third kappa shape index (κ3) is 3.91. The van der Waals surface area contributed by atoms with Crippen LogP contribution >= 0.6 is 0 Å². The second-order valence-corrected chi connectivity index (χ2v) is 5.01. The lowest BCUT2D eigenvalue weighted by molar-refractivity contribution is 0.227. The van der Waals surface area contributed by atoms with Crippen LogP contribution in [-0.2, 0) is 0 Å². The number of anilines is 1. The van der Waals surface area contributed by atoms with Crippen LogP contribution in [0.4, 0.5) is 5.69 Å². The van der Waals surface area contributed by atoms with Crippen molar-refractivity contribution in [3.05, 3.63) is 24.3 Å². The van der Waals surface area contributed by atoms with E-state index in [1.165, 1.54) is 25.8 Å². The molecule has 0 heterocycles. The third-order valence-corrected chi connectivity index (χ3v) is 3.34. The molecule has 1 aromatic carbocycles. The van der Waals surface area contributed by atoms with Gasteiger partial charge in [0.25, 0.3) is 0 Å². The summed E-state index contributed by atoms with van der Waals surface area (Å²) >= 11 is 0. The Hall–Kier alpha value is -1.22. The normalized spacial score (nSPS) is 15.0. The number of benzene rings is 1. The molecule has 0 aliphatic heterocycles. The smallest absolute Gasteiger partial charge is 0.142 e. The highest BCUT2D eigenvalue weighted by molar-refractivity contribution is 5.51. The molecule has 1 saturated carbocycles. The van der Waals surface area contributed by atoms with Crippen molar-refractivity contribution in [2.45, 2.75) is 38.6 Å². The second kappa shape index (κ2) is 6.64. The molecule has 0 aromatic heterocycles. The molecular formula is C15H24N2O. The van der Waals surface area contributed by atoms with Crippen LogP contribution in [0.2, 0.25) is 0 Å². The molecule has 0 amide bonds. The van der Waals surface area contributed by atoms with Crippen molar-refractivity contribution in [1.82, 2.24) is 4.90 Å². The Morgan fingerprint density at radius 2 is 2.06 bits per heavy atom. The van der Waals surface area contributed by atoms with Gasteiger partial charge in [0.2, 0.25) is 0 Å². The van der Waals surface area contributed by atoms with Gasteiger partial charge in [-0.25, -0.2) is 0 Å². The van der Waals surface area contributed by atoms with Gasteiger partial charge < -0.3 is 15.4 Å². The van der Waals surface area contributed by atoms with E-state index in [0.717, 1.165) is 37.1 Å². The number of nitrogens with two attached hydrogens (primary N) is 1. The van der Waals surface area contributed by atoms with Gasteiger partial charge in [-0.2, -0.15) is 0 Å². The molecule has 2 N–H and O–H groups in total. The van der Waals surface area contributed by atoms with E-state index in [1.54, 1.807) is 0 Å². The van der Waals surface area contributed by atoms with Gasteiger partial charge in [0, 0.05) is 12.6 Å². The summed E-state index contributed by atoms with van der Waals surface area (Å²) in [6, 6.07) is 8.55. The Labute approximate surface area is 110 Å². The minimum absolute atomic E-state index is 0.727. The van der Waals surface area contributed by atoms with Gasteiger partial charge in [0.15, 0.2) is 0 Å². The van der Waals surface area contributed by atoms with Crippen molar-refractivity contribution in [2.75, 3.05) is 25.4 Å². The van der Waals surface area contributed by atoms with Crippen molar-refractivity contribution in [1.29, 1.82) is 0 Å². The molecule has 0 unspecified atom stereocenters. The molecule has 1 aliphatic carbocycles. The minimum atomic E-state index is 0.727. The highest BCUT2D eigenvalue weighted by Crippen LogP contribution is 2.27. The van der Waals surface area contributed by atoms with Gasteiger partial charge in [-0.05, 0) is 44.4 Å². The summed E-state index contributed by atoms with van der Waals surface area (Å²) in [5, 5.41) is 0. The van der Waals surface area contributed by atoms with E-state index in [9.17, 15) is 0 Å². The topological polar surface area (TPSA) is 38.5 Å². The quantitative estimate of drug-likeness (QED) is 0.568. The van der Waals surface area contributed by atoms with Crippen LogP contribution in [0.15, 0.2) is 24.3 Å². The molecule has 2 rings (SSSR count). The van der Waals surface area contributed by atoms with E-state index >= 15 is 0 Å². The molecule has 1 aromatic rings. The van der Waals surface area contributed by atoms with Crippen molar-refractivity contribution in [3.8, 4) is 5.75 Å². The van der Waals surface area contributed by atoms with E-state index in [0.29, 0.717) is 0 Å². The molecule has 0 radical (unpaired) electrons. The maximum absolute atomic E-state index is 5.83. The standard InChI is InChI=1S/C15H24N2O/c1-2-10-17(13-8-9-13)11-5-12-18-15-7-4-3-6-14(15)16/h3-4,6-7,13H,2,5,8-12,16H2,1H3. The lowest BCUT2D eigenvalue weighted by Crippen LogP contribution is -2.28. The summed E-state index contributed by atoms with van der Waals surface area (Å²) in [4.78, 5) is 2.59. The van der Waals surface area contributed by atoms with E-state index in [2.05, 4.69) is 11.8 Å². The van der Waals surface area contributed by atoms with Gasteiger partial charge in [-0.1, -0.05) is 19.1 Å². The SMILES string of the molecule is CCCN(CCCOc1ccccc1N)C1CC1. The van der Waals surface area contributed by atoms with Crippen LogP contribution in [0.25, 0.3) is 0 Å². The maximum atomic E-state index is 5.83. The number of rotatable bonds is 8. The van der Waals surface area contributed by atoms with Gasteiger partial charge in [0.05, 0.1) is 12.3 Å². The van der Waals surface area contributed by atoms with Crippen LogP contribution in [0.5, 0.6) is 5.75 Å². The van der Waals surface area contributed by atoms with E-state index < -0.39 is 0 Å². The molecule has 1 fully saturated rings. The molecule has 100 valence electrons. The summed E-state index contributed by atoms with van der Waals surface area (Å²) < 4.78 is 5.71.